The van der Waals surface area contributed by atoms with Crippen LogP contribution in [-0.2, 0) is 0 Å². The van der Waals surface area contributed by atoms with E-state index in [2.05, 4.69) is 161 Å². The highest BCUT2D eigenvalue weighted by Gasteiger charge is 2.25. The molecule has 0 spiro atoms. The zero-order chi connectivity index (χ0) is 30.2. The van der Waals surface area contributed by atoms with E-state index >= 15 is 0 Å². The van der Waals surface area contributed by atoms with Crippen molar-refractivity contribution in [3.8, 4) is 22.9 Å². The van der Waals surface area contributed by atoms with Gasteiger partial charge in [-0.15, -0.1) is 0 Å². The Morgan fingerprint density at radius 3 is 1.87 bits per heavy atom. The van der Waals surface area contributed by atoms with Crippen LogP contribution in [0.1, 0.15) is 0 Å². The molecule has 10 rings (SSSR count). The van der Waals surface area contributed by atoms with Crippen LogP contribution in [0.15, 0.2) is 158 Å². The molecule has 0 aliphatic rings. The van der Waals surface area contributed by atoms with E-state index in [4.69, 9.17) is 9.97 Å². The lowest BCUT2D eigenvalue weighted by molar-refractivity contribution is 1.05. The second-order valence-electron chi connectivity index (χ2n) is 11.9. The van der Waals surface area contributed by atoms with Gasteiger partial charge in [0.2, 0.25) is 0 Å². The number of hydrogen-bond donors (Lipinski definition) is 0. The van der Waals surface area contributed by atoms with Crippen LogP contribution >= 0.6 is 0 Å². The molecule has 0 unspecified atom stereocenters. The Kier molecular flexibility index (Phi) is 5.25. The van der Waals surface area contributed by atoms with E-state index in [0.29, 0.717) is 5.82 Å². The average Bonchev–Trinajstić information content (AvgIpc) is 3.64. The van der Waals surface area contributed by atoms with Gasteiger partial charge in [0, 0.05) is 27.4 Å². The van der Waals surface area contributed by atoms with Crippen molar-refractivity contribution in [2.45, 2.75) is 0 Å². The third-order valence-electron chi connectivity index (χ3n) is 9.27. The summed E-state index contributed by atoms with van der Waals surface area (Å²) in [6.45, 7) is 0. The monoisotopic (exact) mass is 586 g/mol. The van der Waals surface area contributed by atoms with E-state index in [1.807, 2.05) is 6.07 Å². The predicted molar refractivity (Wildman–Crippen MR) is 191 cm³/mol. The molecule has 46 heavy (non-hydrogen) atoms. The van der Waals surface area contributed by atoms with Crippen molar-refractivity contribution in [3.05, 3.63) is 158 Å². The van der Waals surface area contributed by atoms with Crippen LogP contribution in [0.25, 0.3) is 88.2 Å². The van der Waals surface area contributed by atoms with Crippen LogP contribution in [0.2, 0.25) is 0 Å². The minimum Gasteiger partial charge on any atom is -0.305 e. The third kappa shape index (κ3) is 3.55. The lowest BCUT2D eigenvalue weighted by Gasteiger charge is -2.14. The van der Waals surface area contributed by atoms with E-state index in [9.17, 15) is 0 Å². The second-order valence-corrected chi connectivity index (χ2v) is 11.9. The van der Waals surface area contributed by atoms with Gasteiger partial charge in [-0.1, -0.05) is 121 Å². The van der Waals surface area contributed by atoms with Crippen LogP contribution in [0.3, 0.4) is 0 Å². The topological polar surface area (TPSA) is 35.6 Å². The maximum absolute atomic E-state index is 5.49. The smallest absolute Gasteiger partial charge is 0.166 e. The average molecular weight is 587 g/mol. The lowest BCUT2D eigenvalue weighted by atomic mass is 10.1. The Morgan fingerprint density at radius 1 is 0.413 bits per heavy atom. The van der Waals surface area contributed by atoms with E-state index < -0.39 is 0 Å². The third-order valence-corrected chi connectivity index (χ3v) is 9.27. The van der Waals surface area contributed by atoms with Crippen molar-refractivity contribution in [1.82, 2.24) is 19.1 Å². The molecule has 0 N–H and O–H groups in total. The minimum absolute atomic E-state index is 0.704. The summed E-state index contributed by atoms with van der Waals surface area (Å²) in [6, 6.07) is 55.9. The highest BCUT2D eigenvalue weighted by atomic mass is 15.1. The first-order valence-electron chi connectivity index (χ1n) is 15.6. The molecule has 3 aromatic heterocycles. The number of hydrogen-bond acceptors (Lipinski definition) is 2. The molecule has 0 atom stereocenters. The molecular formula is C42H26N4. The number of fused-ring (bicyclic) bond motifs is 9. The zero-order valence-corrected chi connectivity index (χ0v) is 24.8. The molecule has 0 amide bonds. The fraction of sp³-hybridized carbons (Fsp3) is 0. The summed E-state index contributed by atoms with van der Waals surface area (Å²) >= 11 is 0. The van der Waals surface area contributed by atoms with Crippen molar-refractivity contribution >= 4 is 65.3 Å². The summed E-state index contributed by atoms with van der Waals surface area (Å²) < 4.78 is 4.71. The van der Waals surface area contributed by atoms with Crippen LogP contribution in [-0.4, -0.2) is 19.1 Å². The first-order valence-corrected chi connectivity index (χ1v) is 15.6. The molecule has 10 aromatic rings. The Morgan fingerprint density at radius 2 is 1.07 bits per heavy atom. The maximum Gasteiger partial charge on any atom is 0.166 e. The van der Waals surface area contributed by atoms with Gasteiger partial charge in [0.15, 0.2) is 11.6 Å². The Hall–Kier alpha value is -6.26. The number of benzene rings is 7. The Bertz CT molecular complexity index is 2790. The Labute approximate surface area is 264 Å². The molecule has 0 bridgehead atoms. The summed E-state index contributed by atoms with van der Waals surface area (Å²) in [4.78, 5) is 10.9. The maximum atomic E-state index is 5.49. The van der Waals surface area contributed by atoms with Gasteiger partial charge in [0.25, 0.3) is 0 Å². The normalized spacial score (nSPS) is 11.9. The van der Waals surface area contributed by atoms with Gasteiger partial charge in [-0.3, -0.25) is 4.57 Å². The van der Waals surface area contributed by atoms with Crippen LogP contribution < -0.4 is 0 Å². The summed E-state index contributed by atoms with van der Waals surface area (Å²) in [5.41, 5.74) is 7.31. The number of nitrogens with zero attached hydrogens (tertiary/aromatic N) is 4. The molecule has 0 aliphatic heterocycles. The van der Waals surface area contributed by atoms with Crippen molar-refractivity contribution in [2.24, 2.45) is 0 Å². The molecule has 0 radical (unpaired) electrons. The molecule has 7 aromatic carbocycles. The summed E-state index contributed by atoms with van der Waals surface area (Å²) in [5, 5.41) is 8.31. The first-order chi connectivity index (χ1) is 22.8. The fourth-order valence-corrected chi connectivity index (χ4v) is 7.24. The summed E-state index contributed by atoms with van der Waals surface area (Å²) in [6.07, 6.45) is 0. The molecule has 0 aliphatic carbocycles. The van der Waals surface area contributed by atoms with Gasteiger partial charge >= 0.3 is 0 Å². The highest BCUT2D eigenvalue weighted by molar-refractivity contribution is 6.22. The standard InChI is InChI=1S/C42H26N4/c1-3-14-28(15-4-1)41-43-39-38-32-20-10-9-13-27(32)23-24-36(38)45(31-18-5-2-6-19-31)40(39)42(44-41)46-35-22-12-11-21-33(35)34-25-29-16-7-8-17-30(29)26-37(34)46/h1-26H. The van der Waals surface area contributed by atoms with E-state index in [-0.39, 0.29) is 0 Å². The fourth-order valence-electron chi connectivity index (χ4n) is 7.24. The predicted octanol–water partition coefficient (Wildman–Crippen LogP) is 10.6. The molecule has 4 heteroatoms. The van der Waals surface area contributed by atoms with Crippen molar-refractivity contribution in [2.75, 3.05) is 0 Å². The zero-order valence-electron chi connectivity index (χ0n) is 24.8. The van der Waals surface area contributed by atoms with Gasteiger partial charge < -0.3 is 4.57 Å². The lowest BCUT2D eigenvalue weighted by Crippen LogP contribution is -2.05. The quantitative estimate of drug-likeness (QED) is 0.206. The van der Waals surface area contributed by atoms with Crippen LogP contribution in [0.4, 0.5) is 0 Å². The molecular weight excluding hydrogens is 560 g/mol. The van der Waals surface area contributed by atoms with Crippen LogP contribution in [0, 0.1) is 0 Å². The van der Waals surface area contributed by atoms with E-state index in [0.717, 1.165) is 50.0 Å². The molecule has 0 saturated carbocycles. The van der Waals surface area contributed by atoms with Gasteiger partial charge in [-0.05, 0) is 57.9 Å². The van der Waals surface area contributed by atoms with Gasteiger partial charge in [-0.2, -0.15) is 0 Å². The van der Waals surface area contributed by atoms with Crippen molar-refractivity contribution < 1.29 is 0 Å². The van der Waals surface area contributed by atoms with Crippen molar-refractivity contribution in [3.63, 3.8) is 0 Å². The van der Waals surface area contributed by atoms with E-state index in [1.54, 1.807) is 0 Å². The number of para-hydroxylation sites is 2. The highest BCUT2D eigenvalue weighted by Crippen LogP contribution is 2.42. The first kappa shape index (κ1) is 25.1. The van der Waals surface area contributed by atoms with E-state index in [1.165, 1.54) is 32.3 Å². The van der Waals surface area contributed by atoms with Crippen LogP contribution in [0.5, 0.6) is 0 Å². The number of rotatable bonds is 3. The largest absolute Gasteiger partial charge is 0.305 e. The Balaban J connectivity index is 1.48. The molecule has 4 nitrogen and oxygen atoms in total. The molecule has 0 saturated heterocycles. The van der Waals surface area contributed by atoms with Crippen molar-refractivity contribution in [1.29, 1.82) is 0 Å². The second kappa shape index (κ2) is 9.62. The van der Waals surface area contributed by atoms with Gasteiger partial charge in [0.05, 0.1) is 16.6 Å². The van der Waals surface area contributed by atoms with Gasteiger partial charge in [0.1, 0.15) is 11.0 Å². The SMILES string of the molecule is c1ccc(-c2nc(-n3c4ccccc4c4cc5ccccc5cc43)c3c(n2)c2c4ccccc4ccc2n3-c2ccccc2)cc1. The van der Waals surface area contributed by atoms with Gasteiger partial charge in [-0.25, -0.2) is 9.97 Å². The molecule has 214 valence electrons. The summed E-state index contributed by atoms with van der Waals surface area (Å²) in [5.74, 6) is 1.56. The number of aromatic nitrogens is 4. The molecule has 3 heterocycles. The molecule has 0 fully saturated rings. The minimum atomic E-state index is 0.704. The summed E-state index contributed by atoms with van der Waals surface area (Å²) in [7, 11) is 0.